The fourth-order valence-corrected chi connectivity index (χ4v) is 3.39. The minimum absolute atomic E-state index is 0.242. The van der Waals surface area contributed by atoms with Gasteiger partial charge in [0.15, 0.2) is 0 Å². The normalized spacial score (nSPS) is 18.3. The number of hydrogen-bond acceptors (Lipinski definition) is 4. The van der Waals surface area contributed by atoms with Gasteiger partial charge in [0.25, 0.3) is 0 Å². The minimum atomic E-state index is 0.242. The fraction of sp³-hybridized carbons (Fsp3) is 0.647. The van der Waals surface area contributed by atoms with Gasteiger partial charge in [-0.1, -0.05) is 13.8 Å². The molecular formula is C17H26N6O. The number of likely N-dealkylation sites (tertiary alicyclic amines) is 1. The number of nitrogens with zero attached hydrogens (tertiary/aromatic N) is 6. The first-order valence-electron chi connectivity index (χ1n) is 8.78. The van der Waals surface area contributed by atoms with Crippen LogP contribution in [-0.2, 0) is 11.3 Å². The Labute approximate surface area is 142 Å². The molecule has 7 heteroatoms. The van der Waals surface area contributed by atoms with Crippen LogP contribution in [0.5, 0.6) is 0 Å². The number of piperidine rings is 1. The first-order chi connectivity index (χ1) is 11.6. The number of hydrogen-bond donors (Lipinski definition) is 0. The van der Waals surface area contributed by atoms with Crippen LogP contribution in [0.15, 0.2) is 25.0 Å². The first-order valence-corrected chi connectivity index (χ1v) is 8.78. The second kappa shape index (κ2) is 7.59. The van der Waals surface area contributed by atoms with Crippen molar-refractivity contribution < 1.29 is 4.79 Å². The molecule has 0 saturated carbocycles. The van der Waals surface area contributed by atoms with Gasteiger partial charge >= 0.3 is 0 Å². The molecule has 1 unspecified atom stereocenters. The monoisotopic (exact) mass is 330 g/mol. The van der Waals surface area contributed by atoms with E-state index in [1.165, 1.54) is 6.33 Å². The molecule has 0 radical (unpaired) electrons. The molecule has 0 N–H and O–H groups in total. The maximum Gasteiger partial charge on any atom is 0.222 e. The largest absolute Gasteiger partial charge is 0.341 e. The summed E-state index contributed by atoms with van der Waals surface area (Å²) in [6.07, 6.45) is 10.7. The zero-order chi connectivity index (χ0) is 16.9. The van der Waals surface area contributed by atoms with E-state index in [9.17, 15) is 4.79 Å². The maximum absolute atomic E-state index is 12.5. The minimum Gasteiger partial charge on any atom is -0.341 e. The number of aromatic nitrogens is 5. The molecule has 2 aromatic heterocycles. The van der Waals surface area contributed by atoms with Gasteiger partial charge in [-0.15, -0.1) is 0 Å². The van der Waals surface area contributed by atoms with E-state index in [1.54, 1.807) is 11.0 Å². The predicted molar refractivity (Wildman–Crippen MR) is 90.4 cm³/mol. The van der Waals surface area contributed by atoms with Crippen molar-refractivity contribution in [2.24, 2.45) is 0 Å². The summed E-state index contributed by atoms with van der Waals surface area (Å²) >= 11 is 0. The summed E-state index contributed by atoms with van der Waals surface area (Å²) in [5.41, 5.74) is 0. The highest BCUT2D eigenvalue weighted by Gasteiger charge is 2.26. The molecule has 3 heterocycles. The molecule has 1 fully saturated rings. The quantitative estimate of drug-likeness (QED) is 0.814. The Hall–Kier alpha value is -2.18. The number of carbonyl (C=O) groups is 1. The van der Waals surface area contributed by atoms with E-state index in [-0.39, 0.29) is 5.91 Å². The van der Waals surface area contributed by atoms with Crippen LogP contribution in [0.4, 0.5) is 0 Å². The molecule has 1 amide bonds. The van der Waals surface area contributed by atoms with Gasteiger partial charge in [-0.3, -0.25) is 9.48 Å². The molecule has 1 saturated heterocycles. The van der Waals surface area contributed by atoms with Crippen LogP contribution >= 0.6 is 0 Å². The van der Waals surface area contributed by atoms with E-state index in [2.05, 4.69) is 39.7 Å². The van der Waals surface area contributed by atoms with Gasteiger partial charge < -0.3 is 9.47 Å². The van der Waals surface area contributed by atoms with E-state index < -0.39 is 0 Å². The zero-order valence-corrected chi connectivity index (χ0v) is 14.5. The number of carbonyl (C=O) groups excluding carboxylic acids is 1. The van der Waals surface area contributed by atoms with Gasteiger partial charge in [-0.25, -0.2) is 9.97 Å². The van der Waals surface area contributed by atoms with E-state index >= 15 is 0 Å². The zero-order valence-electron chi connectivity index (χ0n) is 14.5. The maximum atomic E-state index is 12.5. The number of amides is 1. The van der Waals surface area contributed by atoms with E-state index in [1.807, 2.05) is 11.1 Å². The van der Waals surface area contributed by atoms with Crippen molar-refractivity contribution in [1.82, 2.24) is 29.2 Å². The van der Waals surface area contributed by atoms with Crippen LogP contribution in [0.1, 0.15) is 57.3 Å². The lowest BCUT2D eigenvalue weighted by Crippen LogP contribution is -2.41. The van der Waals surface area contributed by atoms with Crippen LogP contribution in [0, 0.1) is 0 Å². The molecule has 0 aromatic carbocycles. The molecule has 130 valence electrons. The Kier molecular flexibility index (Phi) is 5.27. The summed E-state index contributed by atoms with van der Waals surface area (Å²) in [4.78, 5) is 22.9. The van der Waals surface area contributed by atoms with Gasteiger partial charge in [-0.2, -0.15) is 5.10 Å². The molecule has 24 heavy (non-hydrogen) atoms. The van der Waals surface area contributed by atoms with Gasteiger partial charge in [0, 0.05) is 44.4 Å². The number of aryl methyl sites for hydroxylation is 1. The first kappa shape index (κ1) is 16.7. The van der Waals surface area contributed by atoms with Crippen molar-refractivity contribution in [3.63, 3.8) is 0 Å². The molecule has 1 atom stereocenters. The van der Waals surface area contributed by atoms with Gasteiger partial charge in [-0.05, 0) is 19.3 Å². The Balaban J connectivity index is 1.54. The molecule has 1 aliphatic heterocycles. The highest BCUT2D eigenvalue weighted by molar-refractivity contribution is 5.76. The summed E-state index contributed by atoms with van der Waals surface area (Å²) in [7, 11) is 0. The van der Waals surface area contributed by atoms with Crippen molar-refractivity contribution >= 4 is 5.91 Å². The summed E-state index contributed by atoms with van der Waals surface area (Å²) in [5.74, 6) is 1.75. The van der Waals surface area contributed by atoms with Gasteiger partial charge in [0.2, 0.25) is 5.91 Å². The van der Waals surface area contributed by atoms with Crippen molar-refractivity contribution in [3.8, 4) is 0 Å². The third-order valence-corrected chi connectivity index (χ3v) is 4.60. The molecule has 0 aliphatic carbocycles. The summed E-state index contributed by atoms with van der Waals surface area (Å²) in [5, 5.41) is 4.07. The summed E-state index contributed by atoms with van der Waals surface area (Å²) in [6, 6.07) is 0.345. The van der Waals surface area contributed by atoms with E-state index in [4.69, 9.17) is 0 Å². The van der Waals surface area contributed by atoms with Gasteiger partial charge in [0.05, 0.1) is 6.04 Å². The molecule has 7 nitrogen and oxygen atoms in total. The van der Waals surface area contributed by atoms with E-state index in [0.29, 0.717) is 18.4 Å². The van der Waals surface area contributed by atoms with Crippen LogP contribution in [0.2, 0.25) is 0 Å². The standard InChI is InChI=1S/C17H26N6O/c1-14(2)17-19-7-10-23(17)15-5-3-8-21(11-15)16(24)6-4-9-22-13-18-12-20-22/h7,10,12-15H,3-6,8-9,11H2,1-2H3. The molecular weight excluding hydrogens is 304 g/mol. The highest BCUT2D eigenvalue weighted by atomic mass is 16.2. The van der Waals surface area contributed by atoms with Crippen molar-refractivity contribution in [3.05, 3.63) is 30.9 Å². The highest BCUT2D eigenvalue weighted by Crippen LogP contribution is 2.26. The van der Waals surface area contributed by atoms with Crippen LogP contribution < -0.4 is 0 Å². The van der Waals surface area contributed by atoms with Crippen molar-refractivity contribution in [2.45, 2.75) is 58.0 Å². The Morgan fingerprint density at radius 2 is 2.29 bits per heavy atom. The average Bonchev–Trinajstić information content (AvgIpc) is 3.26. The Bertz CT molecular complexity index is 648. The van der Waals surface area contributed by atoms with Crippen LogP contribution in [0.25, 0.3) is 0 Å². The number of rotatable bonds is 6. The van der Waals surface area contributed by atoms with Crippen LogP contribution in [-0.4, -0.2) is 48.2 Å². The molecule has 2 aromatic rings. The lowest BCUT2D eigenvalue weighted by molar-refractivity contribution is -0.133. The third kappa shape index (κ3) is 3.83. The summed E-state index contributed by atoms with van der Waals surface area (Å²) in [6.45, 7) is 6.72. The topological polar surface area (TPSA) is 68.8 Å². The van der Waals surface area contributed by atoms with Crippen molar-refractivity contribution in [1.29, 1.82) is 0 Å². The van der Waals surface area contributed by atoms with Gasteiger partial charge in [0.1, 0.15) is 18.5 Å². The number of imidazole rings is 1. The van der Waals surface area contributed by atoms with E-state index in [0.717, 1.165) is 44.7 Å². The second-order valence-electron chi connectivity index (χ2n) is 6.75. The molecule has 1 aliphatic rings. The molecule has 3 rings (SSSR count). The predicted octanol–water partition coefficient (Wildman–Crippen LogP) is 2.24. The average molecular weight is 330 g/mol. The SMILES string of the molecule is CC(C)c1nccn1C1CCCN(C(=O)CCCn2cncn2)C1. The third-order valence-electron chi connectivity index (χ3n) is 4.60. The molecule has 0 spiro atoms. The molecule has 0 bridgehead atoms. The fourth-order valence-electron chi connectivity index (χ4n) is 3.39. The Morgan fingerprint density at radius 1 is 1.42 bits per heavy atom. The second-order valence-corrected chi connectivity index (χ2v) is 6.75. The smallest absolute Gasteiger partial charge is 0.222 e. The Morgan fingerprint density at radius 3 is 3.04 bits per heavy atom. The van der Waals surface area contributed by atoms with Crippen LogP contribution in [0.3, 0.4) is 0 Å². The lowest BCUT2D eigenvalue weighted by atomic mass is 10.0. The summed E-state index contributed by atoms with van der Waals surface area (Å²) < 4.78 is 4.03. The van der Waals surface area contributed by atoms with Crippen molar-refractivity contribution in [2.75, 3.05) is 13.1 Å². The lowest BCUT2D eigenvalue weighted by Gasteiger charge is -2.34.